The molecule has 0 fully saturated rings. The Bertz CT molecular complexity index is 700. The first-order valence-corrected chi connectivity index (χ1v) is 9.38. The average Bonchev–Trinajstić information content (AvgIpc) is 3.08. The van der Waals surface area contributed by atoms with Gasteiger partial charge in [-0.3, -0.25) is 9.59 Å². The van der Waals surface area contributed by atoms with Gasteiger partial charge in [-0.05, 0) is 30.5 Å². The molecular formula is C17H18N2O2S2. The van der Waals surface area contributed by atoms with Crippen LogP contribution in [0.3, 0.4) is 0 Å². The summed E-state index contributed by atoms with van der Waals surface area (Å²) >= 11 is 3.17. The van der Waals surface area contributed by atoms with E-state index in [1.807, 2.05) is 48.7 Å². The van der Waals surface area contributed by atoms with Gasteiger partial charge in [-0.1, -0.05) is 18.2 Å². The van der Waals surface area contributed by atoms with Crippen LogP contribution < -0.4 is 4.90 Å². The normalized spacial score (nSPS) is 13.8. The van der Waals surface area contributed by atoms with E-state index in [-0.39, 0.29) is 18.4 Å². The summed E-state index contributed by atoms with van der Waals surface area (Å²) in [6.07, 6.45) is 0. The molecule has 4 nitrogen and oxygen atoms in total. The van der Waals surface area contributed by atoms with Crippen molar-refractivity contribution < 1.29 is 9.59 Å². The number of hydrogen-bond acceptors (Lipinski definition) is 4. The highest BCUT2D eigenvalue weighted by Crippen LogP contribution is 2.34. The number of fused-ring (bicyclic) bond motifs is 1. The van der Waals surface area contributed by atoms with Crippen molar-refractivity contribution in [3.8, 4) is 0 Å². The van der Waals surface area contributed by atoms with Crippen LogP contribution in [-0.4, -0.2) is 35.6 Å². The van der Waals surface area contributed by atoms with Crippen LogP contribution in [0.2, 0.25) is 0 Å². The van der Waals surface area contributed by atoms with Crippen molar-refractivity contribution in [2.75, 3.05) is 23.7 Å². The van der Waals surface area contributed by atoms with Gasteiger partial charge in [-0.25, -0.2) is 0 Å². The van der Waals surface area contributed by atoms with Crippen molar-refractivity contribution in [3.05, 3.63) is 46.7 Å². The summed E-state index contributed by atoms with van der Waals surface area (Å²) in [6, 6.07) is 11.8. The maximum absolute atomic E-state index is 12.7. The van der Waals surface area contributed by atoms with E-state index in [1.165, 1.54) is 11.8 Å². The van der Waals surface area contributed by atoms with Crippen LogP contribution in [0.5, 0.6) is 0 Å². The Hall–Kier alpha value is -1.79. The summed E-state index contributed by atoms with van der Waals surface area (Å²) in [5.74, 6) is 0.367. The van der Waals surface area contributed by atoms with Gasteiger partial charge in [0.25, 0.3) is 0 Å². The number of carbonyl (C=O) groups is 2. The van der Waals surface area contributed by atoms with E-state index in [4.69, 9.17) is 0 Å². The van der Waals surface area contributed by atoms with Crippen molar-refractivity contribution in [1.82, 2.24) is 4.90 Å². The molecule has 0 saturated carbocycles. The number of anilines is 1. The van der Waals surface area contributed by atoms with Crippen LogP contribution >= 0.6 is 23.1 Å². The van der Waals surface area contributed by atoms with Gasteiger partial charge in [0.2, 0.25) is 11.8 Å². The third kappa shape index (κ3) is 3.59. The molecule has 0 spiro atoms. The molecule has 0 N–H and O–H groups in total. The second kappa shape index (κ2) is 7.19. The predicted octanol–water partition coefficient (Wildman–Crippen LogP) is 3.24. The van der Waals surface area contributed by atoms with Gasteiger partial charge in [-0.15, -0.1) is 23.1 Å². The Balaban J connectivity index is 1.75. The Labute approximate surface area is 144 Å². The van der Waals surface area contributed by atoms with Gasteiger partial charge in [-0.2, -0.15) is 0 Å². The highest BCUT2D eigenvalue weighted by molar-refractivity contribution is 8.00. The van der Waals surface area contributed by atoms with Gasteiger partial charge >= 0.3 is 0 Å². The Kier molecular flexibility index (Phi) is 5.03. The van der Waals surface area contributed by atoms with Gasteiger partial charge < -0.3 is 9.80 Å². The maximum atomic E-state index is 12.7. The van der Waals surface area contributed by atoms with E-state index in [1.54, 1.807) is 21.1 Å². The van der Waals surface area contributed by atoms with Crippen LogP contribution in [0.15, 0.2) is 46.7 Å². The molecule has 1 aliphatic heterocycles. The summed E-state index contributed by atoms with van der Waals surface area (Å²) in [4.78, 5) is 30.5. The van der Waals surface area contributed by atoms with Crippen molar-refractivity contribution in [2.45, 2.75) is 18.4 Å². The number of para-hydroxylation sites is 1. The molecule has 0 radical (unpaired) electrons. The molecule has 2 amide bonds. The number of benzene rings is 1. The topological polar surface area (TPSA) is 40.6 Å². The van der Waals surface area contributed by atoms with Crippen LogP contribution in [0.4, 0.5) is 5.69 Å². The van der Waals surface area contributed by atoms with Crippen LogP contribution in [-0.2, 0) is 16.1 Å². The molecule has 3 rings (SSSR count). The fraction of sp³-hybridized carbons (Fsp3) is 0.294. The zero-order valence-electron chi connectivity index (χ0n) is 12.9. The summed E-state index contributed by atoms with van der Waals surface area (Å²) in [5.41, 5.74) is 0.842. The molecule has 0 atom stereocenters. The number of thioether (sulfide) groups is 1. The zero-order chi connectivity index (χ0) is 16.2. The second-order valence-corrected chi connectivity index (χ2v) is 7.27. The number of carbonyl (C=O) groups excluding carboxylic acids is 2. The second-order valence-electron chi connectivity index (χ2n) is 5.22. The summed E-state index contributed by atoms with van der Waals surface area (Å²) in [6.45, 7) is 3.31. The third-order valence-electron chi connectivity index (χ3n) is 3.76. The summed E-state index contributed by atoms with van der Waals surface area (Å²) in [5, 5.41) is 2.01. The molecule has 1 aromatic carbocycles. The van der Waals surface area contributed by atoms with E-state index >= 15 is 0 Å². The molecule has 2 heterocycles. The molecule has 120 valence electrons. The summed E-state index contributed by atoms with van der Waals surface area (Å²) in [7, 11) is 0. The number of thiophene rings is 1. The number of hydrogen-bond donors (Lipinski definition) is 0. The van der Waals surface area contributed by atoms with Gasteiger partial charge in [0.1, 0.15) is 6.54 Å². The van der Waals surface area contributed by atoms with Crippen LogP contribution in [0.1, 0.15) is 11.8 Å². The minimum atomic E-state index is -0.0176. The summed E-state index contributed by atoms with van der Waals surface area (Å²) < 4.78 is 0. The monoisotopic (exact) mass is 346 g/mol. The highest BCUT2D eigenvalue weighted by Gasteiger charge is 2.27. The van der Waals surface area contributed by atoms with Crippen molar-refractivity contribution in [3.63, 3.8) is 0 Å². The maximum Gasteiger partial charge on any atom is 0.242 e. The molecule has 6 heteroatoms. The molecule has 2 aromatic rings. The molecule has 0 saturated heterocycles. The van der Waals surface area contributed by atoms with Crippen LogP contribution in [0.25, 0.3) is 0 Å². The zero-order valence-corrected chi connectivity index (χ0v) is 14.5. The fourth-order valence-electron chi connectivity index (χ4n) is 2.53. The molecule has 1 aliphatic rings. The number of amides is 2. The largest absolute Gasteiger partial charge is 0.336 e. The van der Waals surface area contributed by atoms with Gasteiger partial charge in [0.05, 0.1) is 18.0 Å². The lowest BCUT2D eigenvalue weighted by Crippen LogP contribution is -2.44. The number of likely N-dealkylation sites (N-methyl/N-ethyl adjacent to an activating group) is 1. The van der Waals surface area contributed by atoms with Gasteiger partial charge in [0.15, 0.2) is 0 Å². The van der Waals surface area contributed by atoms with E-state index in [2.05, 4.69) is 0 Å². The third-order valence-corrected chi connectivity index (χ3v) is 5.67. The minimum absolute atomic E-state index is 0.00535. The van der Waals surface area contributed by atoms with Crippen molar-refractivity contribution in [2.24, 2.45) is 0 Å². The SMILES string of the molecule is CCN(Cc1cccs1)C(=O)CN1C(=O)CSc2ccccc21. The molecular weight excluding hydrogens is 328 g/mol. The quantitative estimate of drug-likeness (QED) is 0.834. The minimum Gasteiger partial charge on any atom is -0.336 e. The van der Waals surface area contributed by atoms with Crippen molar-refractivity contribution in [1.29, 1.82) is 0 Å². The lowest BCUT2D eigenvalue weighted by molar-refractivity contribution is -0.131. The Morgan fingerprint density at radius 2 is 2.09 bits per heavy atom. The Morgan fingerprint density at radius 1 is 1.26 bits per heavy atom. The van der Waals surface area contributed by atoms with Crippen molar-refractivity contribution >= 4 is 40.6 Å². The fourth-order valence-corrected chi connectivity index (χ4v) is 4.18. The van der Waals surface area contributed by atoms with E-state index in [9.17, 15) is 9.59 Å². The first-order valence-electron chi connectivity index (χ1n) is 7.51. The smallest absolute Gasteiger partial charge is 0.242 e. The molecule has 0 aliphatic carbocycles. The van der Waals surface area contributed by atoms with Crippen LogP contribution in [0, 0.1) is 0 Å². The molecule has 0 bridgehead atoms. The Morgan fingerprint density at radius 3 is 2.83 bits per heavy atom. The highest BCUT2D eigenvalue weighted by atomic mass is 32.2. The van der Waals surface area contributed by atoms with E-state index in [0.717, 1.165) is 15.5 Å². The standard InChI is InChI=1S/C17H18N2O2S2/c1-2-18(10-13-6-5-9-22-13)16(20)11-19-14-7-3-4-8-15(14)23-12-17(19)21/h3-9H,2,10-12H2,1H3. The van der Waals surface area contributed by atoms with E-state index < -0.39 is 0 Å². The predicted molar refractivity (Wildman–Crippen MR) is 94.9 cm³/mol. The molecule has 23 heavy (non-hydrogen) atoms. The first kappa shape index (κ1) is 16.1. The average molecular weight is 346 g/mol. The first-order chi connectivity index (χ1) is 11.2. The lowest BCUT2D eigenvalue weighted by atomic mass is 10.2. The molecule has 0 unspecified atom stereocenters. The number of nitrogens with zero attached hydrogens (tertiary/aromatic N) is 2. The molecule has 1 aromatic heterocycles. The number of rotatable bonds is 5. The van der Waals surface area contributed by atoms with E-state index in [0.29, 0.717) is 18.8 Å². The van der Waals surface area contributed by atoms with Gasteiger partial charge in [0, 0.05) is 16.3 Å². The lowest BCUT2D eigenvalue weighted by Gasteiger charge is -2.30.